The van der Waals surface area contributed by atoms with E-state index in [-0.39, 0.29) is 11.9 Å². The Morgan fingerprint density at radius 3 is 2.47 bits per heavy atom. The Bertz CT molecular complexity index is 342. The summed E-state index contributed by atoms with van der Waals surface area (Å²) in [6, 6.07) is -0.146. The van der Waals surface area contributed by atoms with Gasteiger partial charge in [0, 0.05) is 12.8 Å². The van der Waals surface area contributed by atoms with Crippen LogP contribution in [0.4, 0.5) is 0 Å². The lowest BCUT2D eigenvalue weighted by Crippen LogP contribution is -2.27. The molecule has 0 fully saturated rings. The van der Waals surface area contributed by atoms with Crippen LogP contribution in [0.3, 0.4) is 0 Å². The van der Waals surface area contributed by atoms with E-state index in [4.69, 9.17) is 11.1 Å². The summed E-state index contributed by atoms with van der Waals surface area (Å²) in [6.07, 6.45) is 2.40. The number of amidine groups is 1. The number of rotatable bonds is 5. The van der Waals surface area contributed by atoms with Crippen molar-refractivity contribution < 1.29 is 0 Å². The van der Waals surface area contributed by atoms with Crippen molar-refractivity contribution in [3.63, 3.8) is 0 Å². The topological polar surface area (TPSA) is 80.6 Å². The zero-order valence-electron chi connectivity index (χ0n) is 9.62. The van der Waals surface area contributed by atoms with Gasteiger partial charge in [-0.15, -0.1) is 0 Å². The van der Waals surface area contributed by atoms with E-state index in [9.17, 15) is 0 Å². The number of aromatic nitrogens is 3. The predicted octanol–water partition coefficient (Wildman–Crippen LogP) is 1.29. The van der Waals surface area contributed by atoms with Crippen LogP contribution in [0, 0.1) is 5.41 Å². The van der Waals surface area contributed by atoms with Crippen molar-refractivity contribution in [2.45, 2.75) is 46.1 Å². The third-order valence-electron chi connectivity index (χ3n) is 2.42. The fourth-order valence-electron chi connectivity index (χ4n) is 1.57. The molecule has 1 aromatic heterocycles. The highest BCUT2D eigenvalue weighted by molar-refractivity contribution is 5.81. The van der Waals surface area contributed by atoms with Crippen molar-refractivity contribution in [1.29, 1.82) is 5.41 Å². The fraction of sp³-hybridized carbons (Fsp3) is 0.700. The largest absolute Gasteiger partial charge is 0.386 e. The summed E-state index contributed by atoms with van der Waals surface area (Å²) in [5, 5.41) is 11.9. The highest BCUT2D eigenvalue weighted by Crippen LogP contribution is 2.13. The minimum Gasteiger partial charge on any atom is -0.386 e. The third-order valence-corrected chi connectivity index (χ3v) is 2.42. The van der Waals surface area contributed by atoms with Gasteiger partial charge in [0.25, 0.3) is 0 Å². The van der Waals surface area contributed by atoms with Crippen molar-refractivity contribution in [2.75, 3.05) is 0 Å². The molecule has 0 amide bonds. The van der Waals surface area contributed by atoms with Gasteiger partial charge >= 0.3 is 0 Å². The van der Waals surface area contributed by atoms with E-state index in [1.807, 2.05) is 20.8 Å². The summed E-state index contributed by atoms with van der Waals surface area (Å²) >= 11 is 0. The summed E-state index contributed by atoms with van der Waals surface area (Å²) in [5.41, 5.74) is 5.55. The molecule has 1 atom stereocenters. The van der Waals surface area contributed by atoms with Crippen LogP contribution in [0.2, 0.25) is 0 Å². The Balaban J connectivity index is 3.09. The van der Waals surface area contributed by atoms with Crippen LogP contribution in [0.15, 0.2) is 0 Å². The predicted molar refractivity (Wildman–Crippen MR) is 60.0 cm³/mol. The molecule has 5 nitrogen and oxygen atoms in total. The van der Waals surface area contributed by atoms with E-state index in [0.717, 1.165) is 30.9 Å². The highest BCUT2D eigenvalue weighted by atomic mass is 15.4. The first-order chi connectivity index (χ1) is 7.13. The number of hydrogen-bond acceptors (Lipinski definition) is 3. The van der Waals surface area contributed by atoms with Crippen molar-refractivity contribution >= 4 is 5.84 Å². The number of nitrogens with zero attached hydrogens (tertiary/aromatic N) is 3. The summed E-state index contributed by atoms with van der Waals surface area (Å²) < 4.78 is 1.79. The van der Waals surface area contributed by atoms with Gasteiger partial charge in [0.15, 0.2) is 5.82 Å². The first-order valence-corrected chi connectivity index (χ1v) is 5.42. The molecule has 0 aromatic carbocycles. The van der Waals surface area contributed by atoms with E-state index in [2.05, 4.69) is 10.1 Å². The molecule has 0 aliphatic rings. The Hall–Kier alpha value is -1.39. The molecule has 0 aliphatic carbocycles. The summed E-state index contributed by atoms with van der Waals surface area (Å²) in [5.74, 6) is 1.89. The molecule has 84 valence electrons. The van der Waals surface area contributed by atoms with E-state index in [1.54, 1.807) is 4.68 Å². The minimum absolute atomic E-state index is 0.146. The second kappa shape index (κ2) is 4.91. The van der Waals surface area contributed by atoms with E-state index in [1.165, 1.54) is 0 Å². The number of aryl methyl sites for hydroxylation is 2. The molecule has 0 saturated heterocycles. The zero-order chi connectivity index (χ0) is 11.4. The maximum absolute atomic E-state index is 7.52. The van der Waals surface area contributed by atoms with Crippen molar-refractivity contribution in [3.05, 3.63) is 11.6 Å². The van der Waals surface area contributed by atoms with E-state index < -0.39 is 0 Å². The molecule has 3 N–H and O–H groups in total. The molecule has 0 aliphatic heterocycles. The molecule has 0 radical (unpaired) electrons. The molecule has 1 heterocycles. The van der Waals surface area contributed by atoms with Crippen LogP contribution in [0.25, 0.3) is 0 Å². The first kappa shape index (κ1) is 11.7. The Labute approximate surface area is 90.2 Å². The lowest BCUT2D eigenvalue weighted by atomic mass is 10.2. The summed E-state index contributed by atoms with van der Waals surface area (Å²) in [7, 11) is 0. The molecular weight excluding hydrogens is 190 g/mol. The van der Waals surface area contributed by atoms with Gasteiger partial charge in [0.05, 0.1) is 0 Å². The molecule has 0 bridgehead atoms. The second-order valence-corrected chi connectivity index (χ2v) is 3.48. The van der Waals surface area contributed by atoms with Gasteiger partial charge in [-0.2, -0.15) is 5.10 Å². The molecule has 1 unspecified atom stereocenters. The van der Waals surface area contributed by atoms with Crippen LogP contribution in [-0.4, -0.2) is 20.6 Å². The fourth-order valence-corrected chi connectivity index (χ4v) is 1.57. The van der Waals surface area contributed by atoms with Gasteiger partial charge in [-0.3, -0.25) is 5.41 Å². The lowest BCUT2D eigenvalue weighted by Gasteiger charge is -2.15. The normalized spacial score (nSPS) is 12.7. The third kappa shape index (κ3) is 2.34. The van der Waals surface area contributed by atoms with Crippen molar-refractivity contribution in [1.82, 2.24) is 14.8 Å². The minimum atomic E-state index is -0.146. The number of hydrogen-bond donors (Lipinski definition) is 2. The molecule has 5 heteroatoms. The number of nitrogens with one attached hydrogen (secondary N) is 1. The Kier molecular flexibility index (Phi) is 3.82. The molecular formula is C10H19N5. The van der Waals surface area contributed by atoms with Crippen LogP contribution in [-0.2, 0) is 12.8 Å². The van der Waals surface area contributed by atoms with Crippen LogP contribution < -0.4 is 5.73 Å². The zero-order valence-corrected chi connectivity index (χ0v) is 9.62. The summed E-state index contributed by atoms with van der Waals surface area (Å²) in [6.45, 7) is 6.06. The lowest BCUT2D eigenvalue weighted by molar-refractivity contribution is 0.519. The first-order valence-electron chi connectivity index (χ1n) is 5.42. The molecule has 0 saturated carbocycles. The molecule has 1 rings (SSSR count). The van der Waals surface area contributed by atoms with E-state index in [0.29, 0.717) is 0 Å². The average molecular weight is 209 g/mol. The molecule has 15 heavy (non-hydrogen) atoms. The monoisotopic (exact) mass is 209 g/mol. The van der Waals surface area contributed by atoms with Gasteiger partial charge in [-0.25, -0.2) is 9.67 Å². The molecule has 1 aromatic rings. The van der Waals surface area contributed by atoms with Crippen LogP contribution >= 0.6 is 0 Å². The second-order valence-electron chi connectivity index (χ2n) is 3.48. The SMILES string of the molecule is CCc1nc(CC)n(C(CC)C(=N)N)n1. The maximum Gasteiger partial charge on any atom is 0.150 e. The number of nitrogens with two attached hydrogens (primary N) is 1. The highest BCUT2D eigenvalue weighted by Gasteiger charge is 2.17. The summed E-state index contributed by atoms with van der Waals surface area (Å²) in [4.78, 5) is 4.40. The van der Waals surface area contributed by atoms with Gasteiger partial charge in [0.1, 0.15) is 17.7 Å². The Morgan fingerprint density at radius 1 is 1.40 bits per heavy atom. The average Bonchev–Trinajstić information content (AvgIpc) is 2.61. The van der Waals surface area contributed by atoms with Crippen LogP contribution in [0.1, 0.15) is 44.9 Å². The standard InChI is InChI=1S/C10H19N5/c1-4-7(10(11)12)15-9(6-3)13-8(5-2)14-15/h7H,4-6H2,1-3H3,(H3,11,12). The molecule has 0 spiro atoms. The Morgan fingerprint density at radius 2 is 2.07 bits per heavy atom. The van der Waals surface area contributed by atoms with Crippen molar-refractivity contribution in [3.8, 4) is 0 Å². The van der Waals surface area contributed by atoms with Crippen molar-refractivity contribution in [2.24, 2.45) is 5.73 Å². The van der Waals surface area contributed by atoms with Crippen LogP contribution in [0.5, 0.6) is 0 Å². The van der Waals surface area contributed by atoms with Gasteiger partial charge in [-0.1, -0.05) is 20.8 Å². The van der Waals surface area contributed by atoms with Gasteiger partial charge < -0.3 is 5.73 Å². The van der Waals surface area contributed by atoms with Gasteiger partial charge in [0.2, 0.25) is 0 Å². The van der Waals surface area contributed by atoms with E-state index >= 15 is 0 Å². The quantitative estimate of drug-likeness (QED) is 0.566. The smallest absolute Gasteiger partial charge is 0.150 e. The van der Waals surface area contributed by atoms with Gasteiger partial charge in [-0.05, 0) is 6.42 Å². The maximum atomic E-state index is 7.52.